The number of fused-ring (bicyclic) bond motifs is 1. The van der Waals surface area contributed by atoms with Gasteiger partial charge in [0, 0.05) is 6.42 Å². The van der Waals surface area contributed by atoms with E-state index in [2.05, 4.69) is 4.99 Å². The summed E-state index contributed by atoms with van der Waals surface area (Å²) in [5.41, 5.74) is 12.9. The Labute approximate surface area is 135 Å². The molecule has 7 heteroatoms. The number of benzene rings is 1. The molecule has 0 unspecified atom stereocenters. The van der Waals surface area contributed by atoms with E-state index in [1.165, 1.54) is 0 Å². The highest BCUT2D eigenvalue weighted by Gasteiger charge is 2.16. The molecule has 7 nitrogen and oxygen atoms in total. The highest BCUT2D eigenvalue weighted by Crippen LogP contribution is 2.16. The number of carbonyl (C=O) groups is 2. The zero-order valence-electron chi connectivity index (χ0n) is 12.9. The summed E-state index contributed by atoms with van der Waals surface area (Å²) >= 11 is 0. The number of aliphatic carboxylic acids is 2. The SMILES string of the molecule is NCCCC[C@H](N)C(=O)O.O=C(O)C1=NCc2ccccc2C1. The first kappa shape index (κ1) is 18.8. The Hall–Kier alpha value is -2.25. The molecule has 0 fully saturated rings. The van der Waals surface area contributed by atoms with Crippen molar-refractivity contribution < 1.29 is 19.8 Å². The molecule has 1 aliphatic heterocycles. The third-order valence-corrected chi connectivity index (χ3v) is 3.45. The largest absolute Gasteiger partial charge is 0.480 e. The van der Waals surface area contributed by atoms with Crippen LogP contribution in [0.25, 0.3) is 0 Å². The number of unbranched alkanes of at least 4 members (excludes halogenated alkanes) is 1. The molecule has 1 atom stereocenters. The molecule has 6 N–H and O–H groups in total. The summed E-state index contributed by atoms with van der Waals surface area (Å²) in [7, 11) is 0. The van der Waals surface area contributed by atoms with Crippen LogP contribution in [0.5, 0.6) is 0 Å². The molecule has 0 aliphatic carbocycles. The van der Waals surface area contributed by atoms with Gasteiger partial charge in [0.15, 0.2) is 0 Å². The van der Waals surface area contributed by atoms with Gasteiger partial charge in [-0.05, 0) is 30.5 Å². The summed E-state index contributed by atoms with van der Waals surface area (Å²) in [5, 5.41) is 17.1. The van der Waals surface area contributed by atoms with E-state index in [1.54, 1.807) is 0 Å². The fourth-order valence-corrected chi connectivity index (χ4v) is 2.08. The molecule has 0 bridgehead atoms. The molecule has 0 amide bonds. The molecule has 23 heavy (non-hydrogen) atoms. The predicted octanol–water partition coefficient (Wildman–Crippen LogP) is 0.796. The van der Waals surface area contributed by atoms with E-state index in [-0.39, 0.29) is 5.71 Å². The van der Waals surface area contributed by atoms with Crippen molar-refractivity contribution in [2.24, 2.45) is 16.5 Å². The van der Waals surface area contributed by atoms with Crippen molar-refractivity contribution in [3.05, 3.63) is 35.4 Å². The molecule has 0 aromatic heterocycles. The van der Waals surface area contributed by atoms with E-state index in [0.717, 1.165) is 24.0 Å². The molecule has 126 valence electrons. The minimum Gasteiger partial charge on any atom is -0.480 e. The Kier molecular flexibility index (Phi) is 7.93. The molecule has 1 heterocycles. The second kappa shape index (κ2) is 9.70. The van der Waals surface area contributed by atoms with Crippen LogP contribution in [0.3, 0.4) is 0 Å². The predicted molar refractivity (Wildman–Crippen MR) is 87.4 cm³/mol. The topological polar surface area (TPSA) is 139 Å². The number of nitrogens with two attached hydrogens (primary N) is 2. The van der Waals surface area contributed by atoms with Crippen LogP contribution in [-0.2, 0) is 22.6 Å². The lowest BCUT2D eigenvalue weighted by atomic mass is 9.99. The number of rotatable bonds is 6. The van der Waals surface area contributed by atoms with Crippen molar-refractivity contribution in [3.63, 3.8) is 0 Å². The van der Waals surface area contributed by atoms with Crippen LogP contribution in [0.15, 0.2) is 29.3 Å². The van der Waals surface area contributed by atoms with E-state index in [4.69, 9.17) is 21.7 Å². The summed E-state index contributed by atoms with van der Waals surface area (Å²) in [6, 6.07) is 7.08. The molecule has 0 saturated heterocycles. The van der Waals surface area contributed by atoms with Crippen LogP contribution in [-0.4, -0.2) is 40.4 Å². The van der Waals surface area contributed by atoms with E-state index >= 15 is 0 Å². The fraction of sp³-hybridized carbons (Fsp3) is 0.438. The van der Waals surface area contributed by atoms with Crippen molar-refractivity contribution in [3.8, 4) is 0 Å². The van der Waals surface area contributed by atoms with Gasteiger partial charge in [-0.1, -0.05) is 30.7 Å². The normalized spacial score (nSPS) is 13.9. The molecular weight excluding hydrogens is 298 g/mol. The van der Waals surface area contributed by atoms with Crippen LogP contribution in [0.4, 0.5) is 0 Å². The van der Waals surface area contributed by atoms with Gasteiger partial charge in [0.25, 0.3) is 0 Å². The maximum atomic E-state index is 10.6. The molecule has 1 aliphatic rings. The molecule has 0 saturated carbocycles. The minimum atomic E-state index is -0.933. The number of aliphatic imine (C=N–C) groups is 1. The Bertz CT molecular complexity index is 572. The zero-order chi connectivity index (χ0) is 17.2. The van der Waals surface area contributed by atoms with Crippen LogP contribution < -0.4 is 11.5 Å². The quantitative estimate of drug-likeness (QED) is 0.571. The molecule has 1 aromatic carbocycles. The first-order chi connectivity index (χ1) is 11.0. The standard InChI is InChI=1S/C10H9NO2.C6H14N2O2/c12-10(13)9-5-7-3-1-2-4-8(7)6-11-9;7-4-2-1-3-5(8)6(9)10/h1-4H,5-6H2,(H,12,13);5H,1-4,7-8H2,(H,9,10)/t;5-/m.0/s1. The number of nitrogens with zero attached hydrogens (tertiary/aromatic N) is 1. The third kappa shape index (κ3) is 6.58. The fourth-order valence-electron chi connectivity index (χ4n) is 2.08. The Morgan fingerprint density at radius 3 is 2.39 bits per heavy atom. The molecule has 1 aromatic rings. The molecule has 0 radical (unpaired) electrons. The Balaban J connectivity index is 0.000000241. The summed E-state index contributed by atoms with van der Waals surface area (Å²) in [4.78, 5) is 24.8. The number of carboxylic acid groups (broad SMARTS) is 2. The van der Waals surface area contributed by atoms with Crippen molar-refractivity contribution in [2.75, 3.05) is 6.54 Å². The third-order valence-electron chi connectivity index (χ3n) is 3.45. The van der Waals surface area contributed by atoms with Gasteiger partial charge < -0.3 is 21.7 Å². The van der Waals surface area contributed by atoms with E-state index in [1.807, 2.05) is 24.3 Å². The first-order valence-corrected chi connectivity index (χ1v) is 7.47. The minimum absolute atomic E-state index is 0.263. The van der Waals surface area contributed by atoms with Crippen molar-refractivity contribution in [1.82, 2.24) is 0 Å². The highest BCUT2D eigenvalue weighted by molar-refractivity contribution is 6.36. The van der Waals surface area contributed by atoms with Crippen molar-refractivity contribution >= 4 is 17.7 Å². The van der Waals surface area contributed by atoms with Crippen molar-refractivity contribution in [2.45, 2.75) is 38.3 Å². The molecular formula is C16H23N3O4. The highest BCUT2D eigenvalue weighted by atomic mass is 16.4. The van der Waals surface area contributed by atoms with Crippen LogP contribution in [0.2, 0.25) is 0 Å². The number of hydrogen-bond donors (Lipinski definition) is 4. The number of hydrogen-bond acceptors (Lipinski definition) is 5. The Morgan fingerprint density at radius 2 is 1.83 bits per heavy atom. The maximum absolute atomic E-state index is 10.6. The summed E-state index contributed by atoms with van der Waals surface area (Å²) < 4.78 is 0. The molecule has 2 rings (SSSR count). The second-order valence-electron chi connectivity index (χ2n) is 5.24. The molecule has 0 spiro atoms. The first-order valence-electron chi connectivity index (χ1n) is 7.47. The van der Waals surface area contributed by atoms with E-state index < -0.39 is 18.0 Å². The Morgan fingerprint density at radius 1 is 1.17 bits per heavy atom. The van der Waals surface area contributed by atoms with Gasteiger partial charge in [-0.3, -0.25) is 9.79 Å². The smallest absolute Gasteiger partial charge is 0.350 e. The van der Waals surface area contributed by atoms with Gasteiger partial charge in [0.1, 0.15) is 11.8 Å². The lowest BCUT2D eigenvalue weighted by molar-refractivity contribution is -0.138. The van der Waals surface area contributed by atoms with Gasteiger partial charge in [0.05, 0.1) is 6.54 Å². The summed E-state index contributed by atoms with van der Waals surface area (Å²) in [6.07, 6.45) is 2.61. The summed E-state index contributed by atoms with van der Waals surface area (Å²) in [6.45, 7) is 1.10. The zero-order valence-corrected chi connectivity index (χ0v) is 12.9. The van der Waals surface area contributed by atoms with Gasteiger partial charge >= 0.3 is 11.9 Å². The van der Waals surface area contributed by atoms with Crippen LogP contribution in [0.1, 0.15) is 30.4 Å². The van der Waals surface area contributed by atoms with Gasteiger partial charge in [-0.15, -0.1) is 0 Å². The average molecular weight is 321 g/mol. The van der Waals surface area contributed by atoms with Gasteiger partial charge in [-0.25, -0.2) is 4.79 Å². The van der Waals surface area contributed by atoms with E-state index in [0.29, 0.717) is 25.9 Å². The maximum Gasteiger partial charge on any atom is 0.350 e. The van der Waals surface area contributed by atoms with Crippen LogP contribution >= 0.6 is 0 Å². The average Bonchev–Trinajstić information content (AvgIpc) is 2.55. The van der Waals surface area contributed by atoms with Gasteiger partial charge in [0.2, 0.25) is 0 Å². The monoisotopic (exact) mass is 321 g/mol. The second-order valence-corrected chi connectivity index (χ2v) is 5.24. The van der Waals surface area contributed by atoms with Crippen molar-refractivity contribution in [1.29, 1.82) is 0 Å². The lowest BCUT2D eigenvalue weighted by Gasteiger charge is -2.12. The summed E-state index contributed by atoms with van der Waals surface area (Å²) in [5.74, 6) is -1.84. The van der Waals surface area contributed by atoms with E-state index in [9.17, 15) is 9.59 Å². The number of carboxylic acids is 2. The van der Waals surface area contributed by atoms with Gasteiger partial charge in [-0.2, -0.15) is 0 Å². The van der Waals surface area contributed by atoms with Crippen LogP contribution in [0, 0.1) is 0 Å². The lowest BCUT2D eigenvalue weighted by Crippen LogP contribution is -2.29.